The summed E-state index contributed by atoms with van der Waals surface area (Å²) >= 11 is 0. The normalized spacial score (nSPS) is 48.6. The molecule has 8 nitrogen and oxygen atoms in total. The van der Waals surface area contributed by atoms with E-state index in [1.54, 1.807) is 25.2 Å². The highest BCUT2D eigenvalue weighted by Crippen LogP contribution is 2.47. The van der Waals surface area contributed by atoms with Crippen molar-refractivity contribution in [2.75, 3.05) is 6.61 Å². The number of fused-ring (bicyclic) bond motifs is 2. The van der Waals surface area contributed by atoms with Crippen molar-refractivity contribution in [2.45, 2.75) is 128 Å². The van der Waals surface area contributed by atoms with E-state index >= 15 is 0 Å². The Morgan fingerprint density at radius 3 is 2.60 bits per heavy atom. The van der Waals surface area contributed by atoms with Gasteiger partial charge in [-0.15, -0.1) is 0 Å². The molecule has 4 heterocycles. The van der Waals surface area contributed by atoms with E-state index in [2.05, 4.69) is 20.8 Å². The fourth-order valence-corrected chi connectivity index (χ4v) is 7.55. The number of allylic oxidation sites excluding steroid dienone is 2. The van der Waals surface area contributed by atoms with Gasteiger partial charge in [-0.25, -0.2) is 0 Å². The molecule has 0 radical (unpaired) electrons. The molecule has 0 amide bonds. The number of hydrogen-bond donors (Lipinski definition) is 3. The maximum atomic E-state index is 14.0. The summed E-state index contributed by atoms with van der Waals surface area (Å²) in [7, 11) is 0. The molecule has 12 atom stereocenters. The van der Waals surface area contributed by atoms with Gasteiger partial charge in [0, 0.05) is 25.2 Å². The second-order valence-corrected chi connectivity index (χ2v) is 13.6. The van der Waals surface area contributed by atoms with E-state index in [9.17, 15) is 20.1 Å². The van der Waals surface area contributed by atoms with E-state index in [0.717, 1.165) is 18.4 Å². The van der Waals surface area contributed by atoms with Crippen LogP contribution in [0.2, 0.25) is 0 Å². The van der Waals surface area contributed by atoms with Crippen LogP contribution in [0.3, 0.4) is 0 Å². The van der Waals surface area contributed by atoms with Gasteiger partial charge in [0.15, 0.2) is 5.79 Å². The number of carbonyl (C=O) groups is 1. The van der Waals surface area contributed by atoms with Crippen LogP contribution in [-0.4, -0.2) is 75.9 Å². The molecule has 0 aromatic heterocycles. The average molecular weight is 587 g/mol. The minimum Gasteiger partial charge on any atom is -0.462 e. The predicted octanol–water partition coefficient (Wildman–Crippen LogP) is 4.53. The number of esters is 1. The van der Waals surface area contributed by atoms with Gasteiger partial charge in [-0.2, -0.15) is 0 Å². The predicted molar refractivity (Wildman–Crippen MR) is 158 cm³/mol. The first kappa shape index (κ1) is 31.6. The molecule has 4 aliphatic heterocycles. The Morgan fingerprint density at radius 2 is 1.86 bits per heavy atom. The van der Waals surface area contributed by atoms with Crippen LogP contribution in [0.25, 0.3) is 0 Å². The summed E-state index contributed by atoms with van der Waals surface area (Å²) in [4.78, 5) is 14.0. The molecule has 5 rings (SSSR count). The fourth-order valence-electron chi connectivity index (χ4n) is 7.55. The van der Waals surface area contributed by atoms with Crippen LogP contribution in [0.1, 0.15) is 80.1 Å². The zero-order valence-electron chi connectivity index (χ0n) is 26.0. The first-order valence-corrected chi connectivity index (χ1v) is 15.9. The quantitative estimate of drug-likeness (QED) is 0.320. The van der Waals surface area contributed by atoms with Crippen molar-refractivity contribution >= 4 is 5.97 Å². The van der Waals surface area contributed by atoms with E-state index in [1.165, 1.54) is 0 Å². The molecule has 2 bridgehead atoms. The van der Waals surface area contributed by atoms with Crippen LogP contribution in [0.15, 0.2) is 47.1 Å². The van der Waals surface area contributed by atoms with Crippen LogP contribution < -0.4 is 0 Å². The molecule has 1 aliphatic carbocycles. The highest BCUT2D eigenvalue weighted by Gasteiger charge is 2.60. The number of aliphatic hydroxyl groups is 3. The molecule has 0 aromatic rings. The van der Waals surface area contributed by atoms with Gasteiger partial charge in [-0.3, -0.25) is 4.79 Å². The Labute approximate surface area is 250 Å². The van der Waals surface area contributed by atoms with Crippen molar-refractivity contribution in [2.24, 2.45) is 23.7 Å². The number of hydrogen-bond acceptors (Lipinski definition) is 8. The maximum absolute atomic E-state index is 14.0. The topological polar surface area (TPSA) is 115 Å². The SMILES string of the molecule is CC[C@H](C)[C@H]1O[C@]2(CC[C@@H]1C)C[C@@H]1C[C@@H](C/C=C(/C)[C@@H](O)[C@@H](C)/C=C\C=C3\CO[C@@H]4[C@H](O)C(C)=C[C@@H](C(=O)O1)[C@]34O)O2. The highest BCUT2D eigenvalue weighted by molar-refractivity contribution is 5.78. The van der Waals surface area contributed by atoms with E-state index < -0.39 is 47.7 Å². The number of aliphatic hydroxyl groups excluding tert-OH is 2. The van der Waals surface area contributed by atoms with Gasteiger partial charge in [0.05, 0.1) is 24.9 Å². The van der Waals surface area contributed by atoms with E-state index in [1.807, 2.05) is 26.0 Å². The molecule has 234 valence electrons. The van der Waals surface area contributed by atoms with Crippen molar-refractivity contribution in [3.8, 4) is 0 Å². The molecule has 3 N–H and O–H groups in total. The molecule has 0 saturated carbocycles. The van der Waals surface area contributed by atoms with Gasteiger partial charge in [-0.1, -0.05) is 64.5 Å². The first-order chi connectivity index (χ1) is 19.9. The van der Waals surface area contributed by atoms with Crippen LogP contribution in [-0.2, 0) is 23.7 Å². The molecular formula is C34H50O8. The zero-order chi connectivity index (χ0) is 30.4. The summed E-state index contributed by atoms with van der Waals surface area (Å²) in [6, 6.07) is 0. The Hall–Kier alpha value is -1.81. The summed E-state index contributed by atoms with van der Waals surface area (Å²) < 4.78 is 25.7. The van der Waals surface area contributed by atoms with Crippen molar-refractivity contribution < 1.29 is 39.1 Å². The molecule has 0 unspecified atom stereocenters. The largest absolute Gasteiger partial charge is 0.462 e. The Morgan fingerprint density at radius 1 is 1.10 bits per heavy atom. The maximum Gasteiger partial charge on any atom is 0.316 e. The standard InChI is InChI=1S/C34H50O8/c1-7-19(2)30-22(5)13-14-33(42-30)17-26-16-25(41-33)12-11-21(4)28(35)20(3)9-8-10-24-18-39-31-29(36)23(6)15-27(32(37)40-26)34(24,31)38/h8-11,15,19-20,22,25-31,35-36,38H,7,12-14,16-18H2,1-6H3/b9-8-,21-11-,24-10-/t19-,20-,22-,25+,26-,27-,28-,29+,30+,31+,33+,34+/m0/s1. The second kappa shape index (κ2) is 12.3. The highest BCUT2D eigenvalue weighted by atomic mass is 16.7. The average Bonchev–Trinajstić information content (AvgIpc) is 3.30. The zero-order valence-corrected chi connectivity index (χ0v) is 26.0. The first-order valence-electron chi connectivity index (χ1n) is 15.9. The minimum atomic E-state index is -1.75. The van der Waals surface area contributed by atoms with Crippen molar-refractivity contribution in [1.82, 2.24) is 0 Å². The van der Waals surface area contributed by atoms with Crippen LogP contribution >= 0.6 is 0 Å². The lowest BCUT2D eigenvalue weighted by molar-refractivity contribution is -0.340. The lowest BCUT2D eigenvalue weighted by Crippen LogP contribution is -2.58. The number of carbonyl (C=O) groups excluding carboxylic acids is 1. The summed E-state index contributed by atoms with van der Waals surface area (Å²) in [6.07, 6.45) is 9.73. The van der Waals surface area contributed by atoms with Crippen molar-refractivity contribution in [1.29, 1.82) is 0 Å². The summed E-state index contributed by atoms with van der Waals surface area (Å²) in [6.45, 7) is 12.3. The third-order valence-corrected chi connectivity index (χ3v) is 10.5. The Kier molecular flexibility index (Phi) is 9.25. The van der Waals surface area contributed by atoms with E-state index in [-0.39, 0.29) is 24.7 Å². The Bertz CT molecular complexity index is 1140. The van der Waals surface area contributed by atoms with Gasteiger partial charge in [-0.05, 0) is 55.2 Å². The monoisotopic (exact) mass is 586 g/mol. The van der Waals surface area contributed by atoms with E-state index in [0.29, 0.717) is 48.7 Å². The van der Waals surface area contributed by atoms with Crippen LogP contribution in [0.5, 0.6) is 0 Å². The molecule has 42 heavy (non-hydrogen) atoms. The second-order valence-electron chi connectivity index (χ2n) is 13.6. The molecule has 8 heteroatoms. The van der Waals surface area contributed by atoms with Crippen LogP contribution in [0.4, 0.5) is 0 Å². The number of rotatable bonds is 2. The molecule has 0 aromatic carbocycles. The Balaban J connectivity index is 1.53. The van der Waals surface area contributed by atoms with Gasteiger partial charge < -0.3 is 34.3 Å². The third kappa shape index (κ3) is 5.83. The van der Waals surface area contributed by atoms with Crippen molar-refractivity contribution in [3.05, 3.63) is 47.1 Å². The van der Waals surface area contributed by atoms with E-state index in [4.69, 9.17) is 18.9 Å². The van der Waals surface area contributed by atoms with Crippen molar-refractivity contribution in [3.63, 3.8) is 0 Å². The van der Waals surface area contributed by atoms with Gasteiger partial charge in [0.1, 0.15) is 29.8 Å². The van der Waals surface area contributed by atoms with Crippen LogP contribution in [0, 0.1) is 23.7 Å². The summed E-state index contributed by atoms with van der Waals surface area (Å²) in [5, 5.41) is 34.0. The molecular weight excluding hydrogens is 536 g/mol. The molecule has 3 fully saturated rings. The third-order valence-electron chi connectivity index (χ3n) is 10.5. The summed E-state index contributed by atoms with van der Waals surface area (Å²) in [5.74, 6) is -1.88. The van der Waals surface area contributed by atoms with Gasteiger partial charge in [0.2, 0.25) is 0 Å². The fraction of sp³-hybridized carbons (Fsp3) is 0.735. The molecule has 3 saturated heterocycles. The summed E-state index contributed by atoms with van der Waals surface area (Å²) in [5.41, 5.74) is 0.156. The molecule has 1 spiro atoms. The van der Waals surface area contributed by atoms with Gasteiger partial charge >= 0.3 is 5.97 Å². The molecule has 5 aliphatic rings. The lowest BCUT2D eigenvalue weighted by atomic mass is 9.71. The number of ether oxygens (including phenoxy) is 4. The van der Waals surface area contributed by atoms with Gasteiger partial charge in [0.25, 0.3) is 0 Å². The lowest BCUT2D eigenvalue weighted by Gasteiger charge is -2.51. The minimum absolute atomic E-state index is 0.0404. The smallest absolute Gasteiger partial charge is 0.316 e.